The van der Waals surface area contributed by atoms with Gasteiger partial charge in [-0.05, 0) is 68.1 Å². The molecule has 0 aromatic heterocycles. The van der Waals surface area contributed by atoms with Gasteiger partial charge in [-0.25, -0.2) is 0 Å². The maximum absolute atomic E-state index is 5.59. The molecule has 2 aromatic carbocycles. The standard InChI is InChI=1S/C23H29N3S/c1-17-7-5-10-19(13-17)24-23(27)25-20-14-21-11-6-12-22(15-20)26(21)16-18-8-3-2-4-9-18/h2-5,7-10,13,20-22H,6,11-12,14-16H2,1H3,(H2,24,25,27)/t20?,21-,22+. The van der Waals surface area contributed by atoms with Gasteiger partial charge in [-0.1, -0.05) is 48.9 Å². The Balaban J connectivity index is 1.36. The quantitative estimate of drug-likeness (QED) is 0.742. The molecule has 1 unspecified atom stereocenters. The molecule has 2 N–H and O–H groups in total. The second-order valence-corrected chi connectivity index (χ2v) is 8.44. The SMILES string of the molecule is Cc1cccc(NC(=S)NC2C[C@H]3CCC[C@@H](C2)N3Cc2ccccc2)c1. The maximum Gasteiger partial charge on any atom is 0.170 e. The van der Waals surface area contributed by atoms with Gasteiger partial charge in [-0.15, -0.1) is 0 Å². The lowest BCUT2D eigenvalue weighted by atomic mass is 9.81. The smallest absolute Gasteiger partial charge is 0.170 e. The van der Waals surface area contributed by atoms with E-state index in [1.54, 1.807) is 0 Å². The van der Waals surface area contributed by atoms with Gasteiger partial charge in [-0.2, -0.15) is 0 Å². The zero-order chi connectivity index (χ0) is 18.6. The highest BCUT2D eigenvalue weighted by Crippen LogP contribution is 2.35. The van der Waals surface area contributed by atoms with Crippen molar-refractivity contribution in [3.63, 3.8) is 0 Å². The predicted octanol–water partition coefficient (Wildman–Crippen LogP) is 4.87. The van der Waals surface area contributed by atoms with E-state index >= 15 is 0 Å². The highest BCUT2D eigenvalue weighted by molar-refractivity contribution is 7.80. The van der Waals surface area contributed by atoms with Crippen molar-refractivity contribution in [1.29, 1.82) is 0 Å². The van der Waals surface area contributed by atoms with E-state index in [0.29, 0.717) is 18.1 Å². The van der Waals surface area contributed by atoms with E-state index in [4.69, 9.17) is 12.2 Å². The monoisotopic (exact) mass is 379 g/mol. The summed E-state index contributed by atoms with van der Waals surface area (Å²) >= 11 is 5.59. The molecule has 2 fully saturated rings. The van der Waals surface area contributed by atoms with Crippen LogP contribution in [0.25, 0.3) is 0 Å². The molecule has 2 saturated heterocycles. The Kier molecular flexibility index (Phi) is 5.74. The minimum absolute atomic E-state index is 0.470. The third-order valence-electron chi connectivity index (χ3n) is 5.95. The highest BCUT2D eigenvalue weighted by atomic mass is 32.1. The van der Waals surface area contributed by atoms with Crippen LogP contribution < -0.4 is 10.6 Å². The van der Waals surface area contributed by atoms with E-state index in [1.165, 1.54) is 43.2 Å². The molecule has 0 radical (unpaired) electrons. The van der Waals surface area contributed by atoms with E-state index in [2.05, 4.69) is 77.1 Å². The van der Waals surface area contributed by atoms with Gasteiger partial charge in [0.05, 0.1) is 0 Å². The average Bonchev–Trinajstić information content (AvgIpc) is 2.63. The van der Waals surface area contributed by atoms with Crippen molar-refractivity contribution in [2.45, 2.75) is 63.7 Å². The van der Waals surface area contributed by atoms with Crippen molar-refractivity contribution in [3.8, 4) is 0 Å². The van der Waals surface area contributed by atoms with Crippen LogP contribution in [-0.4, -0.2) is 28.1 Å². The minimum Gasteiger partial charge on any atom is -0.360 e. The van der Waals surface area contributed by atoms with Gasteiger partial charge in [0.15, 0.2) is 5.11 Å². The number of nitrogens with zero attached hydrogens (tertiary/aromatic N) is 1. The molecule has 2 aromatic rings. The summed E-state index contributed by atoms with van der Waals surface area (Å²) in [6, 6.07) is 21.1. The number of nitrogens with one attached hydrogen (secondary N) is 2. The van der Waals surface area contributed by atoms with Crippen molar-refractivity contribution >= 4 is 23.0 Å². The topological polar surface area (TPSA) is 27.3 Å². The Morgan fingerprint density at radius 3 is 2.48 bits per heavy atom. The van der Waals surface area contributed by atoms with Crippen molar-refractivity contribution in [2.24, 2.45) is 0 Å². The summed E-state index contributed by atoms with van der Waals surface area (Å²) in [4.78, 5) is 2.74. The molecule has 2 heterocycles. The van der Waals surface area contributed by atoms with Gasteiger partial charge in [0.1, 0.15) is 0 Å². The molecular weight excluding hydrogens is 350 g/mol. The zero-order valence-corrected chi connectivity index (χ0v) is 16.8. The molecule has 27 heavy (non-hydrogen) atoms. The lowest BCUT2D eigenvalue weighted by molar-refractivity contribution is 0.0212. The van der Waals surface area contributed by atoms with Crippen molar-refractivity contribution in [2.75, 3.05) is 5.32 Å². The Labute approximate surface area is 168 Å². The van der Waals surface area contributed by atoms with Crippen LogP contribution >= 0.6 is 12.2 Å². The van der Waals surface area contributed by atoms with E-state index in [0.717, 1.165) is 17.3 Å². The Morgan fingerprint density at radius 1 is 1.04 bits per heavy atom. The number of aryl methyl sites for hydroxylation is 1. The maximum atomic E-state index is 5.59. The summed E-state index contributed by atoms with van der Waals surface area (Å²) in [5.41, 5.74) is 3.73. The number of fused-ring (bicyclic) bond motifs is 2. The van der Waals surface area contributed by atoms with Gasteiger partial charge in [-0.3, -0.25) is 4.90 Å². The van der Waals surface area contributed by atoms with Gasteiger partial charge in [0, 0.05) is 30.4 Å². The predicted molar refractivity (Wildman–Crippen MR) is 117 cm³/mol. The molecule has 142 valence electrons. The third-order valence-corrected chi connectivity index (χ3v) is 6.16. The number of benzene rings is 2. The lowest BCUT2D eigenvalue weighted by Crippen LogP contribution is -2.56. The average molecular weight is 380 g/mol. The summed E-state index contributed by atoms with van der Waals surface area (Å²) in [6.45, 7) is 3.18. The number of thiocarbonyl (C=S) groups is 1. The molecular formula is C23H29N3S. The summed E-state index contributed by atoms with van der Waals surface area (Å²) in [7, 11) is 0. The molecule has 2 aliphatic rings. The molecule has 2 aliphatic heterocycles. The van der Waals surface area contributed by atoms with Crippen LogP contribution in [0.3, 0.4) is 0 Å². The largest absolute Gasteiger partial charge is 0.360 e. The molecule has 2 bridgehead atoms. The minimum atomic E-state index is 0.470. The Bertz CT molecular complexity index is 762. The van der Waals surface area contributed by atoms with Gasteiger partial charge >= 0.3 is 0 Å². The lowest BCUT2D eigenvalue weighted by Gasteiger charge is -2.49. The van der Waals surface area contributed by atoms with Gasteiger partial charge < -0.3 is 10.6 Å². The first-order valence-electron chi connectivity index (χ1n) is 10.1. The molecule has 4 heteroatoms. The summed E-state index contributed by atoms with van der Waals surface area (Å²) < 4.78 is 0. The Morgan fingerprint density at radius 2 is 1.78 bits per heavy atom. The van der Waals surface area contributed by atoms with Gasteiger partial charge in [0.25, 0.3) is 0 Å². The Hall–Kier alpha value is -1.91. The second kappa shape index (κ2) is 8.41. The normalized spacial score (nSPS) is 25.0. The number of anilines is 1. The summed E-state index contributed by atoms with van der Waals surface area (Å²) in [6.07, 6.45) is 6.33. The van der Waals surface area contributed by atoms with Crippen LogP contribution in [0.2, 0.25) is 0 Å². The number of hydrogen-bond acceptors (Lipinski definition) is 2. The van der Waals surface area contributed by atoms with E-state index in [-0.39, 0.29) is 0 Å². The number of rotatable bonds is 4. The second-order valence-electron chi connectivity index (χ2n) is 8.03. The van der Waals surface area contributed by atoms with E-state index in [9.17, 15) is 0 Å². The summed E-state index contributed by atoms with van der Waals surface area (Å²) in [5, 5.41) is 7.70. The van der Waals surface area contributed by atoms with Crippen molar-refractivity contribution < 1.29 is 0 Å². The van der Waals surface area contributed by atoms with Crippen LogP contribution in [0, 0.1) is 6.92 Å². The van der Waals surface area contributed by atoms with Crippen molar-refractivity contribution in [3.05, 3.63) is 65.7 Å². The fourth-order valence-corrected chi connectivity index (χ4v) is 5.01. The van der Waals surface area contributed by atoms with Crippen molar-refractivity contribution in [1.82, 2.24) is 10.2 Å². The first-order chi connectivity index (χ1) is 13.2. The molecule has 0 spiro atoms. The molecule has 3 atom stereocenters. The number of hydrogen-bond donors (Lipinski definition) is 2. The van der Waals surface area contributed by atoms with Crippen LogP contribution in [0.4, 0.5) is 5.69 Å². The zero-order valence-electron chi connectivity index (χ0n) is 16.0. The summed E-state index contributed by atoms with van der Waals surface area (Å²) in [5.74, 6) is 0. The third kappa shape index (κ3) is 4.69. The highest BCUT2D eigenvalue weighted by Gasteiger charge is 2.38. The van der Waals surface area contributed by atoms with Gasteiger partial charge in [0.2, 0.25) is 0 Å². The molecule has 0 amide bonds. The van der Waals surface area contributed by atoms with Crippen LogP contribution in [0.1, 0.15) is 43.2 Å². The molecule has 3 nitrogen and oxygen atoms in total. The van der Waals surface area contributed by atoms with E-state index < -0.39 is 0 Å². The fourth-order valence-electron chi connectivity index (χ4n) is 4.72. The van der Waals surface area contributed by atoms with Crippen LogP contribution in [0.5, 0.6) is 0 Å². The first kappa shape index (κ1) is 18.5. The first-order valence-corrected chi connectivity index (χ1v) is 10.5. The van der Waals surface area contributed by atoms with Crippen LogP contribution in [0.15, 0.2) is 54.6 Å². The van der Waals surface area contributed by atoms with Crippen LogP contribution in [-0.2, 0) is 6.54 Å². The molecule has 0 aliphatic carbocycles. The number of piperidine rings is 2. The van der Waals surface area contributed by atoms with E-state index in [1.807, 2.05) is 0 Å². The molecule has 0 saturated carbocycles. The molecule has 4 rings (SSSR count). The fraction of sp³-hybridized carbons (Fsp3) is 0.435.